The Labute approximate surface area is 130 Å². The minimum absolute atomic E-state index is 0. The lowest BCUT2D eigenvalue weighted by atomic mass is 9.77. The van der Waals surface area contributed by atoms with E-state index in [2.05, 4.69) is 15.1 Å². The number of halogens is 4. The fourth-order valence-electron chi connectivity index (χ4n) is 2.26. The second-order valence-electron chi connectivity index (χ2n) is 5.26. The SMILES string of the molecule is Cc1nc(C(F)(F)F)ccc1-c1nc(C2(N)CCC2)no1.Cl. The van der Waals surface area contributed by atoms with Gasteiger partial charge in [-0.05, 0) is 38.3 Å². The molecule has 9 heteroatoms. The van der Waals surface area contributed by atoms with E-state index in [1.165, 1.54) is 13.0 Å². The largest absolute Gasteiger partial charge is 0.433 e. The zero-order valence-corrected chi connectivity index (χ0v) is 12.5. The molecule has 0 bridgehead atoms. The van der Waals surface area contributed by atoms with Crippen LogP contribution in [0.15, 0.2) is 16.7 Å². The van der Waals surface area contributed by atoms with Crippen LogP contribution in [0.5, 0.6) is 0 Å². The third-order valence-corrected chi connectivity index (χ3v) is 3.72. The maximum atomic E-state index is 12.6. The predicted molar refractivity (Wildman–Crippen MR) is 74.2 cm³/mol. The summed E-state index contributed by atoms with van der Waals surface area (Å²) in [6.45, 7) is 1.47. The fraction of sp³-hybridized carbons (Fsp3) is 0.462. The number of aryl methyl sites for hydroxylation is 1. The lowest BCUT2D eigenvalue weighted by Gasteiger charge is -2.34. The van der Waals surface area contributed by atoms with Crippen LogP contribution in [-0.4, -0.2) is 15.1 Å². The first kappa shape index (κ1) is 16.7. The van der Waals surface area contributed by atoms with E-state index in [-0.39, 0.29) is 24.0 Å². The number of aromatic nitrogens is 3. The van der Waals surface area contributed by atoms with Crippen LogP contribution in [0.25, 0.3) is 11.5 Å². The maximum absolute atomic E-state index is 12.6. The van der Waals surface area contributed by atoms with Crippen molar-refractivity contribution in [3.8, 4) is 11.5 Å². The Kier molecular flexibility index (Phi) is 4.18. The molecule has 2 heterocycles. The summed E-state index contributed by atoms with van der Waals surface area (Å²) < 4.78 is 42.9. The normalized spacial score (nSPS) is 16.8. The molecule has 1 saturated carbocycles. The van der Waals surface area contributed by atoms with Crippen molar-refractivity contribution in [3.05, 3.63) is 29.3 Å². The van der Waals surface area contributed by atoms with Crippen molar-refractivity contribution < 1.29 is 17.7 Å². The molecule has 1 aliphatic rings. The molecule has 2 N–H and O–H groups in total. The van der Waals surface area contributed by atoms with Gasteiger partial charge in [0.2, 0.25) is 0 Å². The van der Waals surface area contributed by atoms with E-state index in [0.717, 1.165) is 25.3 Å². The minimum atomic E-state index is -4.48. The number of nitrogens with zero attached hydrogens (tertiary/aromatic N) is 3. The Morgan fingerprint density at radius 1 is 1.23 bits per heavy atom. The standard InChI is InChI=1S/C13H13F3N4O.ClH/c1-7-8(3-4-9(18-7)13(14,15)16)10-19-11(20-21-10)12(17)5-2-6-12;/h3-4H,2,5-6,17H2,1H3;1H. The van der Waals surface area contributed by atoms with Gasteiger partial charge in [-0.15, -0.1) is 12.4 Å². The van der Waals surface area contributed by atoms with Gasteiger partial charge in [0, 0.05) is 0 Å². The van der Waals surface area contributed by atoms with Gasteiger partial charge in [0.15, 0.2) is 5.82 Å². The van der Waals surface area contributed by atoms with Gasteiger partial charge in [0.05, 0.1) is 16.8 Å². The van der Waals surface area contributed by atoms with Crippen LogP contribution in [-0.2, 0) is 11.7 Å². The number of alkyl halides is 3. The average Bonchev–Trinajstić information content (AvgIpc) is 2.84. The highest BCUT2D eigenvalue weighted by atomic mass is 35.5. The number of hydrogen-bond acceptors (Lipinski definition) is 5. The molecule has 120 valence electrons. The molecule has 3 rings (SSSR count). The second kappa shape index (κ2) is 5.51. The van der Waals surface area contributed by atoms with Crippen LogP contribution in [0, 0.1) is 6.92 Å². The lowest BCUT2D eigenvalue weighted by molar-refractivity contribution is -0.141. The summed E-state index contributed by atoms with van der Waals surface area (Å²) in [6, 6.07) is 2.18. The van der Waals surface area contributed by atoms with Gasteiger partial charge in [-0.2, -0.15) is 18.2 Å². The monoisotopic (exact) mass is 334 g/mol. The van der Waals surface area contributed by atoms with Crippen molar-refractivity contribution in [1.29, 1.82) is 0 Å². The molecule has 0 spiro atoms. The summed E-state index contributed by atoms with van der Waals surface area (Å²) >= 11 is 0. The van der Waals surface area contributed by atoms with Crippen LogP contribution >= 0.6 is 12.4 Å². The third kappa shape index (κ3) is 2.80. The van der Waals surface area contributed by atoms with Gasteiger partial charge in [-0.25, -0.2) is 4.98 Å². The summed E-state index contributed by atoms with van der Waals surface area (Å²) in [4.78, 5) is 7.75. The maximum Gasteiger partial charge on any atom is 0.433 e. The van der Waals surface area contributed by atoms with Gasteiger partial charge in [0.25, 0.3) is 5.89 Å². The number of rotatable bonds is 2. The average molecular weight is 335 g/mol. The molecule has 1 aliphatic carbocycles. The molecule has 2 aromatic rings. The van der Waals surface area contributed by atoms with E-state index in [0.29, 0.717) is 11.4 Å². The molecule has 2 aromatic heterocycles. The molecule has 22 heavy (non-hydrogen) atoms. The Hall–Kier alpha value is -1.67. The van der Waals surface area contributed by atoms with Gasteiger partial charge in [-0.3, -0.25) is 0 Å². The molecule has 0 amide bonds. The number of pyridine rings is 1. The first-order valence-corrected chi connectivity index (χ1v) is 6.48. The topological polar surface area (TPSA) is 77.8 Å². The third-order valence-electron chi connectivity index (χ3n) is 3.72. The van der Waals surface area contributed by atoms with Gasteiger partial charge >= 0.3 is 6.18 Å². The molecule has 0 radical (unpaired) electrons. The van der Waals surface area contributed by atoms with Gasteiger partial charge < -0.3 is 10.3 Å². The summed E-state index contributed by atoms with van der Waals surface area (Å²) in [5.74, 6) is 0.531. The van der Waals surface area contributed by atoms with E-state index in [1.807, 2.05) is 0 Å². The van der Waals surface area contributed by atoms with Gasteiger partial charge in [-0.1, -0.05) is 5.16 Å². The molecule has 0 aromatic carbocycles. The van der Waals surface area contributed by atoms with Crippen molar-refractivity contribution in [2.24, 2.45) is 5.73 Å². The predicted octanol–water partition coefficient (Wildman–Crippen LogP) is 3.22. The minimum Gasteiger partial charge on any atom is -0.334 e. The summed E-state index contributed by atoms with van der Waals surface area (Å²) in [5, 5.41) is 3.84. The van der Waals surface area contributed by atoms with E-state index in [1.54, 1.807) is 0 Å². The molecule has 0 unspecified atom stereocenters. The van der Waals surface area contributed by atoms with E-state index in [9.17, 15) is 13.2 Å². The van der Waals surface area contributed by atoms with E-state index >= 15 is 0 Å². The van der Waals surface area contributed by atoms with Crippen LogP contribution in [0.3, 0.4) is 0 Å². The summed E-state index contributed by atoms with van der Waals surface area (Å²) in [5.41, 5.74) is 5.12. The highest BCUT2D eigenvalue weighted by Crippen LogP contribution is 2.38. The highest BCUT2D eigenvalue weighted by molar-refractivity contribution is 5.85. The summed E-state index contributed by atoms with van der Waals surface area (Å²) in [7, 11) is 0. The molecular weight excluding hydrogens is 321 g/mol. The van der Waals surface area contributed by atoms with Crippen molar-refractivity contribution in [2.75, 3.05) is 0 Å². The molecule has 0 saturated heterocycles. The first-order valence-electron chi connectivity index (χ1n) is 6.48. The van der Waals surface area contributed by atoms with Crippen molar-refractivity contribution in [2.45, 2.75) is 37.9 Å². The second-order valence-corrected chi connectivity index (χ2v) is 5.26. The van der Waals surface area contributed by atoms with Crippen LogP contribution < -0.4 is 5.73 Å². The van der Waals surface area contributed by atoms with Crippen LogP contribution in [0.4, 0.5) is 13.2 Å². The van der Waals surface area contributed by atoms with Crippen molar-refractivity contribution >= 4 is 12.4 Å². The summed E-state index contributed by atoms with van der Waals surface area (Å²) in [6.07, 6.45) is -1.93. The fourth-order valence-corrected chi connectivity index (χ4v) is 2.26. The highest BCUT2D eigenvalue weighted by Gasteiger charge is 2.39. The van der Waals surface area contributed by atoms with Crippen LogP contribution in [0.2, 0.25) is 0 Å². The smallest absolute Gasteiger partial charge is 0.334 e. The van der Waals surface area contributed by atoms with E-state index in [4.69, 9.17) is 10.3 Å². The Balaban J connectivity index is 0.00000176. The Morgan fingerprint density at radius 3 is 2.41 bits per heavy atom. The number of nitrogens with two attached hydrogens (primary N) is 1. The Morgan fingerprint density at radius 2 is 1.91 bits per heavy atom. The van der Waals surface area contributed by atoms with Crippen molar-refractivity contribution in [1.82, 2.24) is 15.1 Å². The molecule has 0 aliphatic heterocycles. The molecule has 5 nitrogen and oxygen atoms in total. The van der Waals surface area contributed by atoms with Crippen molar-refractivity contribution in [3.63, 3.8) is 0 Å². The molecule has 0 atom stereocenters. The van der Waals surface area contributed by atoms with Crippen LogP contribution in [0.1, 0.15) is 36.5 Å². The lowest BCUT2D eigenvalue weighted by Crippen LogP contribution is -2.44. The first-order chi connectivity index (χ1) is 9.79. The molecule has 1 fully saturated rings. The Bertz CT molecular complexity index is 682. The zero-order valence-electron chi connectivity index (χ0n) is 11.6. The quantitative estimate of drug-likeness (QED) is 0.912. The number of hydrogen-bond donors (Lipinski definition) is 1. The van der Waals surface area contributed by atoms with E-state index < -0.39 is 17.4 Å². The van der Waals surface area contributed by atoms with Gasteiger partial charge in [0.1, 0.15) is 5.69 Å². The molecular formula is C13H14ClF3N4O. The zero-order chi connectivity index (χ0) is 15.3.